The van der Waals surface area contributed by atoms with Gasteiger partial charge in [-0.25, -0.2) is 9.37 Å². The molecule has 1 aliphatic rings. The van der Waals surface area contributed by atoms with E-state index in [0.29, 0.717) is 5.75 Å². The summed E-state index contributed by atoms with van der Waals surface area (Å²) in [7, 11) is -0.616. The lowest BCUT2D eigenvalue weighted by Gasteiger charge is -2.37. The number of nitrogens with two attached hydrogens (primary N) is 1. The standard InChI is InChI=1S/C38H42FN5O4Si/c1-8-37(39)23-29(24-47-49(6,7)36(2,3)4)48-34(37)44-31-30(32(45)43-35(40)42-31)41-33(44)38(25-15-11-9-12-16-25,26-17-13-10-14-18-26)27-19-21-28(46-5)22-20-27/h1,9-22,29,34H,23-24H2,2-7H3,(H3,40,42,43,45)/t29-,34-,37-/m0/s1. The number of anilines is 1. The number of nitrogens with one attached hydrogen (secondary N) is 1. The van der Waals surface area contributed by atoms with Crippen LogP contribution in [0.25, 0.3) is 11.2 Å². The number of rotatable bonds is 9. The largest absolute Gasteiger partial charge is 0.497 e. The van der Waals surface area contributed by atoms with Crippen molar-refractivity contribution in [3.8, 4) is 18.1 Å². The Morgan fingerprint density at radius 1 is 1.02 bits per heavy atom. The van der Waals surface area contributed by atoms with E-state index in [9.17, 15) is 4.79 Å². The third-order valence-electron chi connectivity index (χ3n) is 9.99. The number of benzene rings is 3. The molecule has 9 nitrogen and oxygen atoms in total. The van der Waals surface area contributed by atoms with Gasteiger partial charge in [0, 0.05) is 6.42 Å². The van der Waals surface area contributed by atoms with Gasteiger partial charge in [0.1, 0.15) is 17.0 Å². The lowest BCUT2D eigenvalue weighted by atomic mass is 9.68. The normalized spacial score (nSPS) is 20.0. The molecule has 6 rings (SSSR count). The number of imidazole rings is 1. The van der Waals surface area contributed by atoms with Crippen LogP contribution in [-0.2, 0) is 14.6 Å². The first-order chi connectivity index (χ1) is 23.2. The van der Waals surface area contributed by atoms with E-state index < -0.39 is 37.3 Å². The number of aromatic amines is 1. The molecule has 0 spiro atoms. The van der Waals surface area contributed by atoms with E-state index in [1.165, 1.54) is 4.57 Å². The molecule has 3 aromatic carbocycles. The number of alkyl halides is 1. The molecule has 1 fully saturated rings. The average Bonchev–Trinajstić information content (AvgIpc) is 3.62. The topological polar surface area (TPSA) is 117 Å². The number of hydrogen-bond acceptors (Lipinski definition) is 7. The molecule has 3 atom stereocenters. The summed E-state index contributed by atoms with van der Waals surface area (Å²) < 4.78 is 37.5. The number of fused-ring (bicyclic) bond motifs is 1. The lowest BCUT2D eigenvalue weighted by molar-refractivity contribution is -0.0475. The van der Waals surface area contributed by atoms with Crippen molar-refractivity contribution in [2.24, 2.45) is 0 Å². The molecule has 0 amide bonds. The molecule has 3 N–H and O–H groups in total. The third kappa shape index (κ3) is 5.84. The smallest absolute Gasteiger partial charge is 0.280 e. The number of nitrogens with zero attached hydrogens (tertiary/aromatic N) is 3. The van der Waals surface area contributed by atoms with Crippen molar-refractivity contribution >= 4 is 25.4 Å². The fourth-order valence-electron chi connectivity index (χ4n) is 6.37. The molecule has 2 aromatic heterocycles. The summed E-state index contributed by atoms with van der Waals surface area (Å²) in [6, 6.07) is 27.0. The molecule has 0 radical (unpaired) electrons. The van der Waals surface area contributed by atoms with Gasteiger partial charge in [0.05, 0.1) is 19.8 Å². The van der Waals surface area contributed by atoms with E-state index >= 15 is 4.39 Å². The van der Waals surface area contributed by atoms with E-state index in [-0.39, 0.29) is 41.0 Å². The summed E-state index contributed by atoms with van der Waals surface area (Å²) in [5, 5.41) is -0.0660. The summed E-state index contributed by atoms with van der Waals surface area (Å²) in [6.07, 6.45) is 3.76. The molecular formula is C38H42FN5O4Si. The van der Waals surface area contributed by atoms with Crippen LogP contribution in [0.2, 0.25) is 18.1 Å². The first-order valence-electron chi connectivity index (χ1n) is 16.2. The minimum Gasteiger partial charge on any atom is -0.497 e. The van der Waals surface area contributed by atoms with Gasteiger partial charge in [-0.3, -0.25) is 14.3 Å². The van der Waals surface area contributed by atoms with Crippen molar-refractivity contribution in [1.29, 1.82) is 0 Å². The Morgan fingerprint density at radius 3 is 2.12 bits per heavy atom. The highest BCUT2D eigenvalue weighted by Crippen LogP contribution is 2.50. The Balaban J connectivity index is 1.67. The van der Waals surface area contributed by atoms with Gasteiger partial charge in [-0.2, -0.15) is 4.98 Å². The summed E-state index contributed by atoms with van der Waals surface area (Å²) in [5.74, 6) is 3.17. The van der Waals surface area contributed by atoms with Crippen molar-refractivity contribution < 1.29 is 18.3 Å². The van der Waals surface area contributed by atoms with Crippen LogP contribution < -0.4 is 16.0 Å². The second-order valence-electron chi connectivity index (χ2n) is 14.0. The zero-order chi connectivity index (χ0) is 35.2. The van der Waals surface area contributed by atoms with E-state index in [1.807, 2.05) is 84.9 Å². The number of H-pyrrole nitrogens is 1. The fourth-order valence-corrected chi connectivity index (χ4v) is 7.41. The molecule has 49 heavy (non-hydrogen) atoms. The number of hydrogen-bond donors (Lipinski definition) is 2. The van der Waals surface area contributed by atoms with Crippen molar-refractivity contribution in [2.75, 3.05) is 19.5 Å². The molecule has 11 heteroatoms. The second-order valence-corrected chi connectivity index (χ2v) is 18.8. The summed E-state index contributed by atoms with van der Waals surface area (Å²) in [5.41, 5.74) is 4.39. The minimum absolute atomic E-state index is 0.0297. The van der Waals surface area contributed by atoms with Gasteiger partial charge in [0.25, 0.3) is 5.56 Å². The van der Waals surface area contributed by atoms with Gasteiger partial charge in [-0.1, -0.05) is 99.5 Å². The molecule has 1 saturated heterocycles. The van der Waals surface area contributed by atoms with Crippen molar-refractivity contribution in [1.82, 2.24) is 19.5 Å². The van der Waals surface area contributed by atoms with E-state index in [4.69, 9.17) is 31.0 Å². The minimum atomic E-state index is -2.32. The average molecular weight is 680 g/mol. The van der Waals surface area contributed by atoms with Gasteiger partial charge in [-0.15, -0.1) is 6.42 Å². The maximum absolute atomic E-state index is 17.4. The van der Waals surface area contributed by atoms with Crippen molar-refractivity contribution in [2.45, 2.75) is 68.7 Å². The molecule has 1 aliphatic heterocycles. The van der Waals surface area contributed by atoms with E-state index in [0.717, 1.165) is 16.7 Å². The maximum Gasteiger partial charge on any atom is 0.280 e. The van der Waals surface area contributed by atoms with Crippen molar-refractivity contribution in [3.63, 3.8) is 0 Å². The van der Waals surface area contributed by atoms with Gasteiger partial charge in [0.2, 0.25) is 11.6 Å². The molecule has 3 heterocycles. The predicted molar refractivity (Wildman–Crippen MR) is 192 cm³/mol. The van der Waals surface area contributed by atoms with Crippen LogP contribution >= 0.6 is 0 Å². The Hall–Kier alpha value is -4.76. The van der Waals surface area contributed by atoms with Crippen LogP contribution in [0, 0.1) is 12.3 Å². The number of ether oxygens (including phenoxy) is 2. The van der Waals surface area contributed by atoms with Crippen LogP contribution in [0.4, 0.5) is 10.3 Å². The number of nitrogen functional groups attached to an aromatic ring is 1. The summed E-state index contributed by atoms with van der Waals surface area (Å²) in [4.78, 5) is 25.6. The highest BCUT2D eigenvalue weighted by atomic mass is 28.4. The van der Waals surface area contributed by atoms with Gasteiger partial charge < -0.3 is 19.6 Å². The van der Waals surface area contributed by atoms with Gasteiger partial charge >= 0.3 is 0 Å². The van der Waals surface area contributed by atoms with Crippen LogP contribution in [-0.4, -0.2) is 53.3 Å². The molecule has 0 saturated carbocycles. The second kappa shape index (κ2) is 12.6. The Kier molecular flexibility index (Phi) is 8.77. The maximum atomic E-state index is 17.4. The van der Waals surface area contributed by atoms with Crippen LogP contribution in [0.15, 0.2) is 89.7 Å². The van der Waals surface area contributed by atoms with Gasteiger partial charge in [0.15, 0.2) is 25.7 Å². The highest BCUT2D eigenvalue weighted by molar-refractivity contribution is 6.74. The number of terminal acetylenes is 1. The Morgan fingerprint density at radius 2 is 1.59 bits per heavy atom. The quantitative estimate of drug-likeness (QED) is 0.101. The predicted octanol–water partition coefficient (Wildman–Crippen LogP) is 6.74. The summed E-state index contributed by atoms with van der Waals surface area (Å²) >= 11 is 0. The molecule has 5 aromatic rings. The molecule has 254 valence electrons. The van der Waals surface area contributed by atoms with Gasteiger partial charge in [-0.05, 0) is 47.0 Å². The first-order valence-corrected chi connectivity index (χ1v) is 19.2. The number of halogens is 1. The Bertz CT molecular complexity index is 2010. The molecule has 0 unspecified atom stereocenters. The lowest BCUT2D eigenvalue weighted by Crippen LogP contribution is -2.42. The first kappa shape index (κ1) is 34.1. The van der Waals surface area contributed by atoms with E-state index in [2.05, 4.69) is 49.8 Å². The zero-order valence-corrected chi connectivity index (χ0v) is 29.7. The summed E-state index contributed by atoms with van der Waals surface area (Å²) in [6.45, 7) is 10.8. The zero-order valence-electron chi connectivity index (χ0n) is 28.7. The SMILES string of the molecule is C#C[C@]1(F)C[C@@H](CO[Si](C)(C)C(C)(C)C)O[C@@H]1n1c(C(c2ccccc2)(c2ccccc2)c2ccc(OC)cc2)nc2c(=O)[nH]c(N)nc21. The molecular weight excluding hydrogens is 638 g/mol. The number of methoxy groups -OCH3 is 1. The number of aromatic nitrogens is 4. The molecule has 0 bridgehead atoms. The Labute approximate surface area is 286 Å². The highest BCUT2D eigenvalue weighted by Gasteiger charge is 2.54. The monoisotopic (exact) mass is 679 g/mol. The third-order valence-corrected chi connectivity index (χ3v) is 14.5. The molecule has 0 aliphatic carbocycles. The van der Waals surface area contributed by atoms with Crippen LogP contribution in [0.5, 0.6) is 5.75 Å². The van der Waals surface area contributed by atoms with Crippen LogP contribution in [0.1, 0.15) is 55.9 Å². The van der Waals surface area contributed by atoms with Crippen LogP contribution in [0.3, 0.4) is 0 Å². The fraction of sp³-hybridized carbons (Fsp3) is 0.342. The van der Waals surface area contributed by atoms with Crippen molar-refractivity contribution in [3.05, 3.63) is 118 Å². The van der Waals surface area contributed by atoms with E-state index in [1.54, 1.807) is 7.11 Å².